The van der Waals surface area contributed by atoms with E-state index >= 15 is 0 Å². The average Bonchev–Trinajstić information content (AvgIpc) is 2.55. The molecule has 2 rings (SSSR count). The number of hydrogen-bond acceptors (Lipinski definition) is 7. The summed E-state index contributed by atoms with van der Waals surface area (Å²) in [5, 5.41) is 28.4. The summed E-state index contributed by atoms with van der Waals surface area (Å²) in [7, 11) is 2.80. The molecular weight excluding hydrogens is 304 g/mol. The van der Waals surface area contributed by atoms with Gasteiger partial charge in [0, 0.05) is 0 Å². The van der Waals surface area contributed by atoms with E-state index in [-0.39, 0.29) is 5.76 Å². The first-order valence-corrected chi connectivity index (χ1v) is 6.73. The molecule has 0 aromatic heterocycles. The Morgan fingerprint density at radius 3 is 2.09 bits per heavy atom. The Kier molecular flexibility index (Phi) is 4.43. The number of ether oxygens (including phenoxy) is 1. The minimum absolute atomic E-state index is 0.0192. The van der Waals surface area contributed by atoms with Gasteiger partial charge in [-0.25, -0.2) is 0 Å². The summed E-state index contributed by atoms with van der Waals surface area (Å²) in [6.45, 7) is 0. The second-order valence-electron chi connectivity index (χ2n) is 4.84. The van der Waals surface area contributed by atoms with Crippen LogP contribution in [0.1, 0.15) is 0 Å². The monoisotopic (exact) mass is 320 g/mol. The van der Waals surface area contributed by atoms with E-state index in [4.69, 9.17) is 4.74 Å². The maximum absolute atomic E-state index is 11.6. The number of para-hydroxylation sites is 1. The molecule has 0 saturated carbocycles. The molecule has 0 amide bonds. The lowest BCUT2D eigenvalue weighted by molar-refractivity contribution is -0.792. The van der Waals surface area contributed by atoms with Crippen LogP contribution in [0.2, 0.25) is 0 Å². The predicted molar refractivity (Wildman–Crippen MR) is 81.9 cm³/mol. The largest absolute Gasteiger partial charge is 0.515 e. The van der Waals surface area contributed by atoms with Crippen molar-refractivity contribution >= 4 is 0 Å². The maximum atomic E-state index is 11.6. The Morgan fingerprint density at radius 2 is 1.61 bits per heavy atom. The van der Waals surface area contributed by atoms with Crippen LogP contribution in [0.25, 0.3) is 0 Å². The second-order valence-corrected chi connectivity index (χ2v) is 4.84. The molecule has 1 aliphatic rings. The second kappa shape index (κ2) is 6.15. The summed E-state index contributed by atoms with van der Waals surface area (Å²) in [5.41, 5.74) is -4.35. The number of rotatable bonds is 6. The van der Waals surface area contributed by atoms with Crippen molar-refractivity contribution in [2.24, 2.45) is 0 Å². The topological polar surface area (TPSA) is 120 Å². The Hall–Kier alpha value is -2.78. The first kappa shape index (κ1) is 16.6. The van der Waals surface area contributed by atoms with Gasteiger partial charge in [-0.3, -0.25) is 30.9 Å². The first-order chi connectivity index (χ1) is 10.9. The van der Waals surface area contributed by atoms with Gasteiger partial charge in [0.05, 0.1) is 0 Å². The normalized spacial score (nSPS) is 18.1. The van der Waals surface area contributed by atoms with E-state index in [9.17, 15) is 20.2 Å². The summed E-state index contributed by atoms with van der Waals surface area (Å²) in [6, 6.07) is 8.52. The zero-order valence-electron chi connectivity index (χ0n) is 12.6. The van der Waals surface area contributed by atoms with Crippen molar-refractivity contribution in [2.75, 3.05) is 14.1 Å². The molecule has 9 nitrogen and oxygen atoms in total. The molecule has 1 aromatic rings. The lowest BCUT2D eigenvalue weighted by Crippen LogP contribution is -2.74. The maximum Gasteiger partial charge on any atom is 0.515 e. The molecule has 0 aliphatic heterocycles. The van der Waals surface area contributed by atoms with Crippen LogP contribution in [0.15, 0.2) is 54.3 Å². The fourth-order valence-electron chi connectivity index (χ4n) is 2.50. The highest BCUT2D eigenvalue weighted by molar-refractivity contribution is 5.35. The van der Waals surface area contributed by atoms with Crippen molar-refractivity contribution in [1.29, 1.82) is 0 Å². The summed E-state index contributed by atoms with van der Waals surface area (Å²) >= 11 is 0. The highest BCUT2D eigenvalue weighted by Gasteiger charge is 2.71. The highest BCUT2D eigenvalue weighted by Crippen LogP contribution is 2.33. The highest BCUT2D eigenvalue weighted by atomic mass is 16.7. The van der Waals surface area contributed by atoms with Crippen LogP contribution >= 0.6 is 0 Å². The van der Waals surface area contributed by atoms with Crippen LogP contribution in [0.3, 0.4) is 0 Å². The summed E-state index contributed by atoms with van der Waals surface area (Å²) < 4.78 is 5.50. The molecule has 1 aliphatic carbocycles. The van der Waals surface area contributed by atoms with Gasteiger partial charge >= 0.3 is 5.66 Å². The van der Waals surface area contributed by atoms with Crippen molar-refractivity contribution in [2.45, 2.75) is 11.3 Å². The third kappa shape index (κ3) is 2.56. The molecule has 0 atom stereocenters. The Bertz CT molecular complexity index is 653. The van der Waals surface area contributed by atoms with Crippen LogP contribution in [-0.2, 0) is 0 Å². The van der Waals surface area contributed by atoms with Gasteiger partial charge in [-0.15, -0.1) is 0 Å². The van der Waals surface area contributed by atoms with Gasteiger partial charge in [0.2, 0.25) is 5.66 Å². The summed E-state index contributed by atoms with van der Waals surface area (Å²) in [4.78, 5) is 21.3. The molecule has 122 valence electrons. The van der Waals surface area contributed by atoms with Crippen molar-refractivity contribution in [3.63, 3.8) is 0 Å². The Balaban J connectivity index is 2.53. The van der Waals surface area contributed by atoms with Gasteiger partial charge in [0.15, 0.2) is 0 Å². The molecular formula is C14H16N4O5. The average molecular weight is 320 g/mol. The van der Waals surface area contributed by atoms with Crippen molar-refractivity contribution in [1.82, 2.24) is 10.6 Å². The fraction of sp³-hybridized carbons (Fsp3) is 0.286. The molecule has 0 heterocycles. The molecule has 1 aromatic carbocycles. The van der Waals surface area contributed by atoms with Gasteiger partial charge in [-0.2, -0.15) is 0 Å². The van der Waals surface area contributed by atoms with Crippen LogP contribution in [0.4, 0.5) is 0 Å². The van der Waals surface area contributed by atoms with Crippen LogP contribution in [-0.4, -0.2) is 35.3 Å². The number of nitrogens with one attached hydrogen (secondary N) is 2. The van der Waals surface area contributed by atoms with Crippen molar-refractivity contribution < 1.29 is 14.6 Å². The first-order valence-electron chi connectivity index (χ1n) is 6.73. The van der Waals surface area contributed by atoms with E-state index in [1.807, 2.05) is 0 Å². The SMILES string of the molecule is CNC1(NC)C=CC(Oc2ccccc2)=CC1([N+](=O)[O-])[N+](=O)[O-]. The van der Waals surface area contributed by atoms with Gasteiger partial charge < -0.3 is 4.74 Å². The fourth-order valence-corrected chi connectivity index (χ4v) is 2.50. The van der Waals surface area contributed by atoms with Gasteiger partial charge in [0.1, 0.15) is 27.4 Å². The molecule has 0 radical (unpaired) electrons. The number of allylic oxidation sites excluding steroid dienone is 1. The van der Waals surface area contributed by atoms with Crippen LogP contribution in [0, 0.1) is 20.2 Å². The number of likely N-dealkylation sites (N-methyl/N-ethyl adjacent to an activating group) is 2. The van der Waals surface area contributed by atoms with E-state index in [0.29, 0.717) is 5.75 Å². The quantitative estimate of drug-likeness (QED) is 0.454. The molecule has 2 N–H and O–H groups in total. The smallest absolute Gasteiger partial charge is 0.457 e. The van der Waals surface area contributed by atoms with E-state index in [1.54, 1.807) is 30.3 Å². The minimum Gasteiger partial charge on any atom is -0.457 e. The number of nitro groups is 2. The molecule has 0 fully saturated rings. The lowest BCUT2D eigenvalue weighted by Gasteiger charge is -2.35. The number of hydrogen-bond donors (Lipinski definition) is 2. The molecule has 0 spiro atoms. The van der Waals surface area contributed by atoms with Gasteiger partial charge in [-0.1, -0.05) is 18.2 Å². The molecule has 0 bridgehead atoms. The zero-order valence-corrected chi connectivity index (χ0v) is 12.6. The van der Waals surface area contributed by atoms with Gasteiger partial charge in [-0.05, 0) is 38.4 Å². The lowest BCUT2D eigenvalue weighted by atomic mass is 9.88. The van der Waals surface area contributed by atoms with Crippen molar-refractivity contribution in [3.8, 4) is 5.75 Å². The Labute approximate surface area is 131 Å². The third-order valence-electron chi connectivity index (χ3n) is 3.75. The predicted octanol–water partition coefficient (Wildman–Crippen LogP) is 0.904. The minimum atomic E-state index is -2.66. The van der Waals surface area contributed by atoms with E-state index < -0.39 is 21.2 Å². The summed E-state index contributed by atoms with van der Waals surface area (Å²) in [5.74, 6) is 0.441. The number of nitrogens with zero attached hydrogens (tertiary/aromatic N) is 2. The molecule has 23 heavy (non-hydrogen) atoms. The Morgan fingerprint density at radius 1 is 1.04 bits per heavy atom. The van der Waals surface area contributed by atoms with E-state index in [2.05, 4.69) is 10.6 Å². The van der Waals surface area contributed by atoms with Gasteiger partial charge in [0.25, 0.3) is 0 Å². The molecule has 9 heteroatoms. The standard InChI is InChI=1S/C14H16N4O5/c1-15-13(16-2)9-8-12(23-11-6-4-3-5-7-11)10-14(13,17(19)20)18(21)22/h3-10,15-16H,1-2H3. The zero-order chi connectivity index (χ0) is 17.1. The van der Waals surface area contributed by atoms with E-state index in [1.165, 1.54) is 26.2 Å². The van der Waals surface area contributed by atoms with Crippen LogP contribution in [0.5, 0.6) is 5.75 Å². The molecule has 0 saturated heterocycles. The summed E-state index contributed by atoms with van der Waals surface area (Å²) in [6.07, 6.45) is 3.66. The van der Waals surface area contributed by atoms with Crippen molar-refractivity contribution in [3.05, 3.63) is 74.5 Å². The van der Waals surface area contributed by atoms with Crippen LogP contribution < -0.4 is 15.4 Å². The molecule has 0 unspecified atom stereocenters. The third-order valence-corrected chi connectivity index (χ3v) is 3.75. The van der Waals surface area contributed by atoms with E-state index in [0.717, 1.165) is 6.08 Å². The number of benzene rings is 1.